The number of fused-ring (bicyclic) bond motifs is 1. The second-order valence-corrected chi connectivity index (χ2v) is 4.72. The number of nitrogens with two attached hydrogens (primary N) is 1. The minimum absolute atomic E-state index is 0.0393. The number of rotatable bonds is 3. The van der Waals surface area contributed by atoms with Gasteiger partial charge in [-0.05, 0) is 32.0 Å². The van der Waals surface area contributed by atoms with Crippen molar-refractivity contribution in [1.29, 1.82) is 0 Å². The highest BCUT2D eigenvalue weighted by molar-refractivity contribution is 5.84. The van der Waals surface area contributed by atoms with E-state index in [4.69, 9.17) is 5.73 Å². The van der Waals surface area contributed by atoms with E-state index in [2.05, 4.69) is 5.10 Å². The lowest BCUT2D eigenvalue weighted by atomic mass is 10.2. The van der Waals surface area contributed by atoms with E-state index in [-0.39, 0.29) is 18.5 Å². The molecule has 0 atom stereocenters. The lowest BCUT2D eigenvalue weighted by molar-refractivity contribution is -0.132. The quantitative estimate of drug-likeness (QED) is 0.834. The Morgan fingerprint density at radius 2 is 2.22 bits per heavy atom. The van der Waals surface area contributed by atoms with Crippen molar-refractivity contribution in [3.05, 3.63) is 24.4 Å². The van der Waals surface area contributed by atoms with Crippen molar-refractivity contribution in [3.8, 4) is 0 Å². The molecule has 2 rings (SSSR count). The number of hydrogen-bond acceptors (Lipinski definition) is 3. The number of hydrogen-bond donors (Lipinski definition) is 1. The third kappa shape index (κ3) is 2.30. The van der Waals surface area contributed by atoms with E-state index in [0.717, 1.165) is 10.9 Å². The highest BCUT2D eigenvalue weighted by Gasteiger charge is 2.14. The van der Waals surface area contributed by atoms with Crippen molar-refractivity contribution >= 4 is 22.5 Å². The standard InChI is InChI=1S/C13H18N4O/c1-9(2)16(3)13(18)8-17-12-6-11(14)5-4-10(12)7-15-17/h4-7,9H,8,14H2,1-3H3. The van der Waals surface area contributed by atoms with Crippen molar-refractivity contribution in [2.45, 2.75) is 26.4 Å². The average molecular weight is 246 g/mol. The van der Waals surface area contributed by atoms with E-state index in [0.29, 0.717) is 5.69 Å². The van der Waals surface area contributed by atoms with Crippen LogP contribution in [0.5, 0.6) is 0 Å². The lowest BCUT2D eigenvalue weighted by Crippen LogP contribution is -2.35. The van der Waals surface area contributed by atoms with E-state index in [1.54, 1.807) is 22.8 Å². The number of nitrogens with zero attached hydrogens (tertiary/aromatic N) is 3. The average Bonchev–Trinajstić information content (AvgIpc) is 2.70. The predicted octanol–water partition coefficient (Wildman–Crippen LogP) is 1.49. The van der Waals surface area contributed by atoms with Gasteiger partial charge in [-0.3, -0.25) is 9.48 Å². The Morgan fingerprint density at radius 1 is 1.50 bits per heavy atom. The fourth-order valence-electron chi connectivity index (χ4n) is 1.74. The second kappa shape index (κ2) is 4.68. The molecule has 18 heavy (non-hydrogen) atoms. The topological polar surface area (TPSA) is 64.2 Å². The van der Waals surface area contributed by atoms with Crippen LogP contribution in [0.2, 0.25) is 0 Å². The Hall–Kier alpha value is -2.04. The van der Waals surface area contributed by atoms with Gasteiger partial charge in [-0.1, -0.05) is 0 Å². The Morgan fingerprint density at radius 3 is 2.89 bits per heavy atom. The van der Waals surface area contributed by atoms with Crippen molar-refractivity contribution in [2.75, 3.05) is 12.8 Å². The third-order valence-corrected chi connectivity index (χ3v) is 3.12. The number of nitrogen functional groups attached to an aromatic ring is 1. The van der Waals surface area contributed by atoms with Gasteiger partial charge in [0.25, 0.3) is 0 Å². The fraction of sp³-hybridized carbons (Fsp3) is 0.385. The van der Waals surface area contributed by atoms with E-state index in [1.807, 2.05) is 32.0 Å². The molecule has 5 heteroatoms. The molecule has 0 fully saturated rings. The van der Waals surface area contributed by atoms with Crippen LogP contribution in [-0.2, 0) is 11.3 Å². The minimum atomic E-state index is 0.0393. The molecule has 0 aliphatic rings. The normalized spacial score (nSPS) is 11.1. The molecule has 5 nitrogen and oxygen atoms in total. The molecule has 0 bridgehead atoms. The molecule has 0 saturated heterocycles. The first kappa shape index (κ1) is 12.4. The predicted molar refractivity (Wildman–Crippen MR) is 72.1 cm³/mol. The van der Waals surface area contributed by atoms with Crippen LogP contribution in [0, 0.1) is 0 Å². The Labute approximate surface area is 106 Å². The van der Waals surface area contributed by atoms with Gasteiger partial charge in [0.2, 0.25) is 5.91 Å². The van der Waals surface area contributed by atoms with Crippen LogP contribution in [0.4, 0.5) is 5.69 Å². The first-order chi connectivity index (χ1) is 8.49. The largest absolute Gasteiger partial charge is 0.399 e. The molecule has 0 aliphatic heterocycles. The van der Waals surface area contributed by atoms with Crippen LogP contribution in [0.1, 0.15) is 13.8 Å². The van der Waals surface area contributed by atoms with E-state index < -0.39 is 0 Å². The smallest absolute Gasteiger partial charge is 0.244 e. The number of likely N-dealkylation sites (N-methyl/N-ethyl adjacent to an activating group) is 1. The van der Waals surface area contributed by atoms with Crippen LogP contribution in [-0.4, -0.2) is 33.7 Å². The lowest BCUT2D eigenvalue weighted by Gasteiger charge is -2.21. The summed E-state index contributed by atoms with van der Waals surface area (Å²) in [7, 11) is 1.80. The van der Waals surface area contributed by atoms with Gasteiger partial charge in [0, 0.05) is 24.2 Å². The van der Waals surface area contributed by atoms with E-state index in [9.17, 15) is 4.79 Å². The summed E-state index contributed by atoms with van der Waals surface area (Å²) in [6.45, 7) is 4.20. The van der Waals surface area contributed by atoms with Crippen molar-refractivity contribution in [3.63, 3.8) is 0 Å². The van der Waals surface area contributed by atoms with Gasteiger partial charge >= 0.3 is 0 Å². The zero-order valence-corrected chi connectivity index (χ0v) is 10.9. The minimum Gasteiger partial charge on any atom is -0.399 e. The van der Waals surface area contributed by atoms with Gasteiger partial charge in [0.05, 0.1) is 11.7 Å². The van der Waals surface area contributed by atoms with Crippen molar-refractivity contribution < 1.29 is 4.79 Å². The van der Waals surface area contributed by atoms with Gasteiger partial charge in [-0.2, -0.15) is 5.10 Å². The Kier molecular flexibility index (Phi) is 3.23. The highest BCUT2D eigenvalue weighted by Crippen LogP contribution is 2.17. The third-order valence-electron chi connectivity index (χ3n) is 3.12. The first-order valence-electron chi connectivity index (χ1n) is 5.95. The maximum atomic E-state index is 12.0. The van der Waals surface area contributed by atoms with Crippen LogP contribution >= 0.6 is 0 Å². The molecule has 1 aromatic heterocycles. The summed E-state index contributed by atoms with van der Waals surface area (Å²) in [5.74, 6) is 0.0393. The van der Waals surface area contributed by atoms with Crippen molar-refractivity contribution in [1.82, 2.24) is 14.7 Å². The molecule has 1 aromatic carbocycles. The van der Waals surface area contributed by atoms with Gasteiger partial charge in [0.15, 0.2) is 0 Å². The summed E-state index contributed by atoms with van der Waals surface area (Å²) in [6, 6.07) is 5.76. The van der Waals surface area contributed by atoms with E-state index >= 15 is 0 Å². The SMILES string of the molecule is CC(C)N(C)C(=O)Cn1ncc2ccc(N)cc21. The van der Waals surface area contributed by atoms with Crippen molar-refractivity contribution in [2.24, 2.45) is 0 Å². The number of carbonyl (C=O) groups is 1. The summed E-state index contributed by atoms with van der Waals surface area (Å²) in [5, 5.41) is 5.22. The molecule has 0 aliphatic carbocycles. The molecule has 0 saturated carbocycles. The molecule has 2 aromatic rings. The second-order valence-electron chi connectivity index (χ2n) is 4.72. The van der Waals surface area contributed by atoms with Crippen LogP contribution in [0.15, 0.2) is 24.4 Å². The zero-order chi connectivity index (χ0) is 13.3. The molecular formula is C13H18N4O. The van der Waals surface area contributed by atoms with Crippen LogP contribution in [0.25, 0.3) is 10.9 Å². The summed E-state index contributed by atoms with van der Waals surface area (Å²) in [6.07, 6.45) is 1.75. The number of benzene rings is 1. The molecule has 1 amide bonds. The Balaban J connectivity index is 2.27. The summed E-state index contributed by atoms with van der Waals surface area (Å²) in [4.78, 5) is 13.7. The summed E-state index contributed by atoms with van der Waals surface area (Å²) in [5.41, 5.74) is 7.32. The fourth-order valence-corrected chi connectivity index (χ4v) is 1.74. The highest BCUT2D eigenvalue weighted by atomic mass is 16.2. The van der Waals surface area contributed by atoms with Gasteiger partial charge < -0.3 is 10.6 Å². The number of carbonyl (C=O) groups excluding carboxylic acids is 1. The number of anilines is 1. The molecule has 0 radical (unpaired) electrons. The molecule has 96 valence electrons. The molecule has 0 spiro atoms. The molecule has 0 unspecified atom stereocenters. The number of amides is 1. The van der Waals surface area contributed by atoms with E-state index in [1.165, 1.54) is 0 Å². The molecule has 2 N–H and O–H groups in total. The molecule has 1 heterocycles. The first-order valence-corrected chi connectivity index (χ1v) is 5.95. The van der Waals surface area contributed by atoms with Gasteiger partial charge in [0.1, 0.15) is 6.54 Å². The van der Waals surface area contributed by atoms with Gasteiger partial charge in [-0.25, -0.2) is 0 Å². The summed E-state index contributed by atoms with van der Waals surface area (Å²) < 4.78 is 1.69. The van der Waals surface area contributed by atoms with Crippen LogP contribution < -0.4 is 5.73 Å². The summed E-state index contributed by atoms with van der Waals surface area (Å²) >= 11 is 0. The zero-order valence-electron chi connectivity index (χ0n) is 10.9. The van der Waals surface area contributed by atoms with Gasteiger partial charge in [-0.15, -0.1) is 0 Å². The maximum absolute atomic E-state index is 12.0. The van der Waals surface area contributed by atoms with Crippen LogP contribution in [0.3, 0.4) is 0 Å². The Bertz CT molecular complexity index is 573. The maximum Gasteiger partial charge on any atom is 0.244 e. The number of aromatic nitrogens is 2. The monoisotopic (exact) mass is 246 g/mol. The molecular weight excluding hydrogens is 228 g/mol.